The van der Waals surface area contributed by atoms with Crippen LogP contribution in [0.2, 0.25) is 0 Å². The predicted molar refractivity (Wildman–Crippen MR) is 114 cm³/mol. The quantitative estimate of drug-likeness (QED) is 0.436. The van der Waals surface area contributed by atoms with Crippen LogP contribution in [0.15, 0.2) is 70.5 Å². The summed E-state index contributed by atoms with van der Waals surface area (Å²) in [6, 6.07) is 14.4. The van der Waals surface area contributed by atoms with Crippen molar-refractivity contribution in [2.45, 2.75) is 47.0 Å². The van der Waals surface area contributed by atoms with Gasteiger partial charge in [-0.1, -0.05) is 36.4 Å². The van der Waals surface area contributed by atoms with Gasteiger partial charge in [-0.2, -0.15) is 0 Å². The van der Waals surface area contributed by atoms with Gasteiger partial charge in [0.25, 0.3) is 0 Å². The molecule has 1 fully saturated rings. The molecule has 1 aliphatic rings. The molecule has 31 heavy (non-hydrogen) atoms. The van der Waals surface area contributed by atoms with E-state index >= 15 is 0 Å². The van der Waals surface area contributed by atoms with Crippen molar-refractivity contribution in [1.82, 2.24) is 0 Å². The van der Waals surface area contributed by atoms with Gasteiger partial charge in [0.05, 0.1) is 16.4 Å². The Morgan fingerprint density at radius 3 is 1.81 bits per heavy atom. The van der Waals surface area contributed by atoms with E-state index in [0.29, 0.717) is 6.42 Å². The minimum Gasteiger partial charge on any atom is -0.465 e. The van der Waals surface area contributed by atoms with Gasteiger partial charge in [0.15, 0.2) is 24.3 Å². The van der Waals surface area contributed by atoms with Crippen molar-refractivity contribution >= 4 is 31.4 Å². The van der Waals surface area contributed by atoms with Gasteiger partial charge in [0, 0.05) is 12.8 Å². The topological polar surface area (TPSA) is 112 Å². The number of carbonyl (C=O) groups excluding carboxylic acids is 2. The Morgan fingerprint density at radius 2 is 1.42 bits per heavy atom. The van der Waals surface area contributed by atoms with E-state index in [1.807, 2.05) is 0 Å². The van der Waals surface area contributed by atoms with E-state index in [1.54, 1.807) is 19.1 Å². The van der Waals surface area contributed by atoms with Crippen LogP contribution in [0.4, 0.5) is 0 Å². The Labute approximate surface area is 182 Å². The molecule has 1 saturated carbocycles. The number of Topliss-reactive ketones (excluding diaryl/α,β-unsaturated/α-hetero) is 1. The van der Waals surface area contributed by atoms with Crippen LogP contribution >= 0.6 is 0 Å². The van der Waals surface area contributed by atoms with Gasteiger partial charge >= 0.3 is 5.97 Å². The lowest BCUT2D eigenvalue weighted by Gasteiger charge is -2.29. The van der Waals surface area contributed by atoms with Crippen LogP contribution in [0, 0.1) is 5.41 Å². The molecule has 0 saturated heterocycles. The molecule has 7 nitrogen and oxygen atoms in total. The van der Waals surface area contributed by atoms with E-state index in [1.165, 1.54) is 48.5 Å². The number of rotatable bonds is 8. The first kappa shape index (κ1) is 23.1. The number of hydrogen-bond acceptors (Lipinski definition) is 7. The summed E-state index contributed by atoms with van der Waals surface area (Å²) in [5.74, 6) is -1.35. The highest BCUT2D eigenvalue weighted by molar-refractivity contribution is 8.09. The molecule has 2 aromatic carbocycles. The highest BCUT2D eigenvalue weighted by Gasteiger charge is 2.55. The molecule has 166 valence electrons. The lowest BCUT2D eigenvalue weighted by molar-refractivity contribution is -0.159. The second-order valence-electron chi connectivity index (χ2n) is 7.43. The summed E-state index contributed by atoms with van der Waals surface area (Å²) in [5.41, 5.74) is -1.80. The van der Waals surface area contributed by atoms with E-state index in [-0.39, 0.29) is 29.2 Å². The summed E-state index contributed by atoms with van der Waals surface area (Å²) in [6.07, 6.45) is -0.196. The minimum atomic E-state index is -4.45. The first-order valence-electron chi connectivity index (χ1n) is 9.94. The average molecular weight is 465 g/mol. The summed E-state index contributed by atoms with van der Waals surface area (Å²) >= 11 is 0. The average Bonchev–Trinajstić information content (AvgIpc) is 3.14. The molecule has 0 amide bonds. The molecule has 1 atom stereocenters. The lowest BCUT2D eigenvalue weighted by Crippen LogP contribution is -2.44. The van der Waals surface area contributed by atoms with E-state index < -0.39 is 47.8 Å². The molecule has 0 spiro atoms. The molecule has 0 bridgehead atoms. The SMILES string of the molecule is CCOC(=O)C1(CC(S(=O)(=O)c2ccccc2)S(=O)(=O)c2ccccc2)CCCC1=O. The van der Waals surface area contributed by atoms with Crippen LogP contribution in [0.3, 0.4) is 0 Å². The zero-order chi connectivity index (χ0) is 22.7. The van der Waals surface area contributed by atoms with Crippen molar-refractivity contribution in [3.8, 4) is 0 Å². The summed E-state index contributed by atoms with van der Waals surface area (Å²) in [7, 11) is -8.90. The molecule has 0 heterocycles. The van der Waals surface area contributed by atoms with Crippen LogP contribution in [-0.4, -0.2) is 39.8 Å². The molecule has 2 aromatic rings. The van der Waals surface area contributed by atoms with Gasteiger partial charge in [-0.3, -0.25) is 9.59 Å². The third-order valence-electron chi connectivity index (χ3n) is 5.56. The first-order valence-corrected chi connectivity index (χ1v) is 13.0. The van der Waals surface area contributed by atoms with Crippen LogP contribution in [0.25, 0.3) is 0 Å². The van der Waals surface area contributed by atoms with Gasteiger partial charge in [-0.15, -0.1) is 0 Å². The maximum atomic E-state index is 13.5. The fraction of sp³-hybridized carbons (Fsp3) is 0.364. The fourth-order valence-electron chi connectivity index (χ4n) is 3.91. The Morgan fingerprint density at radius 1 is 0.935 bits per heavy atom. The highest BCUT2D eigenvalue weighted by Crippen LogP contribution is 2.44. The summed E-state index contributed by atoms with van der Waals surface area (Å²) in [4.78, 5) is 25.2. The highest BCUT2D eigenvalue weighted by atomic mass is 32.3. The number of ketones is 1. The number of esters is 1. The van der Waals surface area contributed by atoms with Crippen molar-refractivity contribution in [3.63, 3.8) is 0 Å². The molecule has 0 N–H and O–H groups in total. The normalized spacial score (nSPS) is 19.5. The summed E-state index contributed by atoms with van der Waals surface area (Å²) < 4.78 is 57.2. The number of sulfone groups is 2. The minimum absolute atomic E-state index is 0.00456. The summed E-state index contributed by atoms with van der Waals surface area (Å²) in [6.45, 7) is 1.57. The standard InChI is InChI=1S/C22H24O7S2/c1-2-29-21(24)22(15-9-14-19(22)23)16-20(30(25,26)17-10-5-3-6-11-17)31(27,28)18-12-7-4-8-13-18/h3-8,10-13,20H,2,9,14-16H2,1H3. The molecule has 0 radical (unpaired) electrons. The number of benzene rings is 2. The third kappa shape index (κ3) is 4.29. The molecule has 9 heteroatoms. The van der Waals surface area contributed by atoms with E-state index in [9.17, 15) is 26.4 Å². The van der Waals surface area contributed by atoms with Gasteiger partial charge in [0.2, 0.25) is 0 Å². The van der Waals surface area contributed by atoms with Crippen LogP contribution in [-0.2, 0) is 34.0 Å². The zero-order valence-corrected chi connectivity index (χ0v) is 18.7. The molecule has 1 unspecified atom stereocenters. The second kappa shape index (κ2) is 8.92. The monoisotopic (exact) mass is 464 g/mol. The zero-order valence-electron chi connectivity index (χ0n) is 17.1. The van der Waals surface area contributed by atoms with E-state index in [4.69, 9.17) is 4.74 Å². The molecular formula is C22H24O7S2. The fourth-order valence-corrected chi connectivity index (χ4v) is 8.60. The van der Waals surface area contributed by atoms with Crippen LogP contribution < -0.4 is 0 Å². The van der Waals surface area contributed by atoms with Crippen molar-refractivity contribution in [1.29, 1.82) is 0 Å². The number of ether oxygens (including phenoxy) is 1. The maximum absolute atomic E-state index is 13.5. The van der Waals surface area contributed by atoms with Gasteiger partial charge in [0.1, 0.15) is 11.2 Å². The summed E-state index contributed by atoms with van der Waals surface area (Å²) in [5, 5.41) is 0. The van der Waals surface area contributed by atoms with Crippen molar-refractivity contribution in [3.05, 3.63) is 60.7 Å². The van der Waals surface area contributed by atoms with Crippen molar-refractivity contribution < 1.29 is 31.2 Å². The lowest BCUT2D eigenvalue weighted by atomic mass is 9.82. The molecule has 0 aliphatic heterocycles. The Bertz CT molecular complexity index is 1090. The smallest absolute Gasteiger partial charge is 0.319 e. The van der Waals surface area contributed by atoms with Gasteiger partial charge in [-0.05, 0) is 44.0 Å². The van der Waals surface area contributed by atoms with Crippen LogP contribution in [0.5, 0.6) is 0 Å². The predicted octanol–water partition coefficient (Wildman–Crippen LogP) is 2.95. The Hall–Kier alpha value is -2.52. The molecule has 0 aromatic heterocycles. The van der Waals surface area contributed by atoms with Crippen molar-refractivity contribution in [2.75, 3.05) is 6.61 Å². The molecule has 1 aliphatic carbocycles. The first-order chi connectivity index (χ1) is 14.7. The third-order valence-corrected chi connectivity index (χ3v) is 10.7. The van der Waals surface area contributed by atoms with Gasteiger partial charge < -0.3 is 4.74 Å². The van der Waals surface area contributed by atoms with Crippen molar-refractivity contribution in [2.24, 2.45) is 5.41 Å². The van der Waals surface area contributed by atoms with E-state index in [2.05, 4.69) is 0 Å². The maximum Gasteiger partial charge on any atom is 0.319 e. The second-order valence-corrected chi connectivity index (χ2v) is 12.0. The Kier molecular flexibility index (Phi) is 6.66. The Balaban J connectivity index is 2.19. The van der Waals surface area contributed by atoms with Gasteiger partial charge in [-0.25, -0.2) is 16.8 Å². The number of carbonyl (C=O) groups is 2. The van der Waals surface area contributed by atoms with E-state index in [0.717, 1.165) is 0 Å². The number of hydrogen-bond donors (Lipinski definition) is 0. The largest absolute Gasteiger partial charge is 0.465 e. The van der Waals surface area contributed by atoms with Crippen LogP contribution in [0.1, 0.15) is 32.6 Å². The molecular weight excluding hydrogens is 440 g/mol. The molecule has 3 rings (SSSR count).